The molecule has 2 aliphatic rings. The van der Waals surface area contributed by atoms with Crippen molar-refractivity contribution in [2.45, 2.75) is 37.8 Å². The summed E-state index contributed by atoms with van der Waals surface area (Å²) in [5.41, 5.74) is 3.35. The lowest BCUT2D eigenvalue weighted by Gasteiger charge is -2.31. The molecule has 3 aromatic heterocycles. The van der Waals surface area contributed by atoms with Crippen LogP contribution in [0.5, 0.6) is 5.75 Å². The van der Waals surface area contributed by atoms with Crippen LogP contribution in [-0.2, 0) is 4.74 Å². The molecule has 1 saturated carbocycles. The third-order valence-electron chi connectivity index (χ3n) is 6.44. The quantitative estimate of drug-likeness (QED) is 0.443. The maximum absolute atomic E-state index is 6.52. The molecular formula is C24H26N8O3. The highest BCUT2D eigenvalue weighted by molar-refractivity contribution is 5.85. The summed E-state index contributed by atoms with van der Waals surface area (Å²) in [6.45, 7) is 3.18. The minimum atomic E-state index is 0.115. The van der Waals surface area contributed by atoms with Crippen LogP contribution in [0.3, 0.4) is 0 Å². The normalized spacial score (nSPS) is 20.6. The van der Waals surface area contributed by atoms with Gasteiger partial charge in [-0.05, 0) is 37.8 Å². The molecule has 0 bridgehead atoms. The van der Waals surface area contributed by atoms with Crippen LogP contribution in [0.2, 0.25) is 0 Å². The van der Waals surface area contributed by atoms with Gasteiger partial charge in [-0.15, -0.1) is 10.2 Å². The van der Waals surface area contributed by atoms with E-state index in [1.54, 1.807) is 24.7 Å². The fraction of sp³-hybridized carbons (Fsp3) is 0.417. The third-order valence-corrected chi connectivity index (χ3v) is 6.44. The number of ether oxygens (including phenoxy) is 2. The smallest absolute Gasteiger partial charge is 0.266 e. The number of nitrogens with zero attached hydrogens (tertiary/aromatic N) is 7. The van der Waals surface area contributed by atoms with Crippen LogP contribution in [0.25, 0.3) is 22.6 Å². The zero-order chi connectivity index (χ0) is 23.5. The molecule has 6 rings (SSSR count). The van der Waals surface area contributed by atoms with Crippen LogP contribution >= 0.6 is 0 Å². The van der Waals surface area contributed by atoms with E-state index in [4.69, 9.17) is 13.9 Å². The maximum atomic E-state index is 6.52. The molecule has 11 nitrogen and oxygen atoms in total. The van der Waals surface area contributed by atoms with Gasteiger partial charge in [0.15, 0.2) is 0 Å². The van der Waals surface area contributed by atoms with E-state index in [2.05, 4.69) is 52.5 Å². The monoisotopic (exact) mass is 474 g/mol. The summed E-state index contributed by atoms with van der Waals surface area (Å²) in [4.78, 5) is 20.3. The van der Waals surface area contributed by atoms with Gasteiger partial charge in [-0.25, -0.2) is 15.0 Å². The highest BCUT2D eigenvalue weighted by Crippen LogP contribution is 2.33. The van der Waals surface area contributed by atoms with E-state index in [9.17, 15) is 0 Å². The number of morpholine rings is 1. The van der Waals surface area contributed by atoms with E-state index < -0.39 is 0 Å². The van der Waals surface area contributed by atoms with E-state index in [0.29, 0.717) is 17.5 Å². The molecule has 0 unspecified atom stereocenters. The number of hydrogen-bond donors (Lipinski definition) is 1. The van der Waals surface area contributed by atoms with Crippen LogP contribution in [0.1, 0.15) is 25.7 Å². The first-order valence-corrected chi connectivity index (χ1v) is 11.9. The van der Waals surface area contributed by atoms with E-state index >= 15 is 0 Å². The van der Waals surface area contributed by atoms with E-state index in [-0.39, 0.29) is 12.1 Å². The lowest BCUT2D eigenvalue weighted by atomic mass is 9.93. The highest BCUT2D eigenvalue weighted by Gasteiger charge is 2.25. The van der Waals surface area contributed by atoms with Crippen molar-refractivity contribution in [2.75, 3.05) is 36.5 Å². The second kappa shape index (κ2) is 9.79. The van der Waals surface area contributed by atoms with Crippen LogP contribution < -0.4 is 15.0 Å². The van der Waals surface area contributed by atoms with Crippen molar-refractivity contribution in [2.24, 2.45) is 0 Å². The number of benzene rings is 1. The summed E-state index contributed by atoms with van der Waals surface area (Å²) in [7, 11) is 0. The molecule has 11 heteroatoms. The molecule has 180 valence electrons. The van der Waals surface area contributed by atoms with Gasteiger partial charge in [0.05, 0.1) is 24.8 Å². The molecule has 0 atom stereocenters. The molecule has 4 heterocycles. The first-order chi connectivity index (χ1) is 17.3. The van der Waals surface area contributed by atoms with Gasteiger partial charge >= 0.3 is 0 Å². The number of aromatic nitrogens is 6. The lowest BCUT2D eigenvalue weighted by Crippen LogP contribution is -2.36. The molecule has 1 aliphatic heterocycles. The Hall–Kier alpha value is -3.86. The largest absolute Gasteiger partial charge is 0.488 e. The van der Waals surface area contributed by atoms with Gasteiger partial charge in [0.2, 0.25) is 12.3 Å². The van der Waals surface area contributed by atoms with E-state index in [0.717, 1.165) is 74.5 Å². The molecule has 1 N–H and O–H groups in total. The molecule has 0 amide bonds. The number of fused-ring (bicyclic) bond motifs is 1. The maximum Gasteiger partial charge on any atom is 0.266 e. The zero-order valence-electron chi connectivity index (χ0n) is 19.2. The molecule has 0 spiro atoms. The molecular weight excluding hydrogens is 448 g/mol. The standard InChI is InChI=1S/C24H26N8O3/c1-3-18(4-2-16(1)29-24-27-6-5-19(30-24)23-31-28-15-34-23)35-21-14-17(32-9-11-33-12-10-32)13-20-22(21)26-8-7-25-20/h5-8,13-16,18H,1-4,9-12H2,(H,27,29,30)/t16-,18+. The first kappa shape index (κ1) is 21.7. The second-order valence-electron chi connectivity index (χ2n) is 8.71. The first-order valence-electron chi connectivity index (χ1n) is 11.9. The summed E-state index contributed by atoms with van der Waals surface area (Å²) in [5, 5.41) is 11.1. The van der Waals surface area contributed by atoms with Gasteiger partial charge in [0.25, 0.3) is 5.89 Å². The average molecular weight is 475 g/mol. The minimum Gasteiger partial charge on any atom is -0.488 e. The number of anilines is 2. The van der Waals surface area contributed by atoms with Crippen LogP contribution in [0.4, 0.5) is 11.6 Å². The molecule has 35 heavy (non-hydrogen) atoms. The van der Waals surface area contributed by atoms with Gasteiger partial charge in [-0.2, -0.15) is 0 Å². The van der Waals surface area contributed by atoms with Gasteiger partial charge in [-0.3, -0.25) is 4.98 Å². The van der Waals surface area contributed by atoms with Crippen molar-refractivity contribution < 1.29 is 13.9 Å². The molecule has 0 radical (unpaired) electrons. The Morgan fingerprint density at radius 2 is 1.83 bits per heavy atom. The van der Waals surface area contributed by atoms with Crippen molar-refractivity contribution in [1.82, 2.24) is 30.1 Å². The number of rotatable bonds is 6. The van der Waals surface area contributed by atoms with Crippen LogP contribution in [-0.4, -0.2) is 68.6 Å². The van der Waals surface area contributed by atoms with Crippen molar-refractivity contribution in [1.29, 1.82) is 0 Å². The van der Waals surface area contributed by atoms with Gasteiger partial charge in [-0.1, -0.05) is 0 Å². The summed E-state index contributed by atoms with van der Waals surface area (Å²) < 4.78 is 17.3. The van der Waals surface area contributed by atoms with E-state index in [1.807, 2.05) is 0 Å². The predicted octanol–water partition coefficient (Wildman–Crippen LogP) is 3.11. The summed E-state index contributed by atoms with van der Waals surface area (Å²) in [6, 6.07) is 6.21. The fourth-order valence-electron chi connectivity index (χ4n) is 4.64. The number of nitrogens with one attached hydrogen (secondary N) is 1. The molecule has 4 aromatic rings. The Morgan fingerprint density at radius 3 is 2.66 bits per heavy atom. The lowest BCUT2D eigenvalue weighted by molar-refractivity contribution is 0.122. The van der Waals surface area contributed by atoms with Crippen molar-refractivity contribution in [3.8, 4) is 17.3 Å². The summed E-state index contributed by atoms with van der Waals surface area (Å²) >= 11 is 0. The summed E-state index contributed by atoms with van der Waals surface area (Å²) in [5.74, 6) is 1.73. The number of hydrogen-bond acceptors (Lipinski definition) is 11. The van der Waals surface area contributed by atoms with E-state index in [1.165, 1.54) is 6.39 Å². The van der Waals surface area contributed by atoms with Crippen LogP contribution in [0, 0.1) is 0 Å². The van der Waals surface area contributed by atoms with Crippen molar-refractivity contribution >= 4 is 22.7 Å². The zero-order valence-corrected chi connectivity index (χ0v) is 19.2. The van der Waals surface area contributed by atoms with Gasteiger partial charge < -0.3 is 24.1 Å². The Bertz CT molecular complexity index is 1270. The highest BCUT2D eigenvalue weighted by atomic mass is 16.5. The molecule has 1 aromatic carbocycles. The fourth-order valence-corrected chi connectivity index (χ4v) is 4.64. The second-order valence-corrected chi connectivity index (χ2v) is 8.71. The SMILES string of the molecule is c1cc(-c2nnco2)nc(N[C@H]2CC[C@@H](Oc3cc(N4CCOCC4)cc4nccnc34)CC2)n1. The van der Waals surface area contributed by atoms with Gasteiger partial charge in [0.1, 0.15) is 17.0 Å². The minimum absolute atomic E-state index is 0.115. The topological polar surface area (TPSA) is 124 Å². The summed E-state index contributed by atoms with van der Waals surface area (Å²) in [6.07, 6.45) is 10.3. The predicted molar refractivity (Wildman–Crippen MR) is 128 cm³/mol. The molecule has 2 fully saturated rings. The Kier molecular flexibility index (Phi) is 6.06. The van der Waals surface area contributed by atoms with Gasteiger partial charge in [0, 0.05) is 49.5 Å². The Morgan fingerprint density at radius 1 is 0.971 bits per heavy atom. The molecule has 1 aliphatic carbocycles. The third kappa shape index (κ3) is 4.85. The molecule has 1 saturated heterocycles. The van der Waals surface area contributed by atoms with Crippen molar-refractivity contribution in [3.05, 3.63) is 43.2 Å². The van der Waals surface area contributed by atoms with Crippen molar-refractivity contribution in [3.63, 3.8) is 0 Å². The average Bonchev–Trinajstić information content (AvgIpc) is 3.46. The Labute approximate surface area is 201 Å². The Balaban J connectivity index is 1.12. The van der Waals surface area contributed by atoms with Crippen LogP contribution in [0.15, 0.2) is 47.6 Å².